The van der Waals surface area contributed by atoms with Gasteiger partial charge in [-0.3, -0.25) is 9.59 Å². The third-order valence-corrected chi connectivity index (χ3v) is 7.93. The molecule has 162 valence electrons. The highest BCUT2D eigenvalue weighted by Crippen LogP contribution is 2.52. The standard InChI is InChI=1S/C25H34N2O3/c28-23(26-17-18-5-6-18)15-20-16-25(22-4-2-1-3-21(20)22)9-11-27(12-10-25)24(29)19-7-13-30-14-8-19/h1-4,18-20H,5-17H2,(H,26,28). The topological polar surface area (TPSA) is 58.6 Å². The van der Waals surface area contributed by atoms with Crippen LogP contribution in [0.2, 0.25) is 0 Å². The van der Waals surface area contributed by atoms with Crippen molar-refractivity contribution in [2.24, 2.45) is 11.8 Å². The molecule has 5 nitrogen and oxygen atoms in total. The highest BCUT2D eigenvalue weighted by molar-refractivity contribution is 5.79. The lowest BCUT2D eigenvalue weighted by Gasteiger charge is -2.41. The van der Waals surface area contributed by atoms with Crippen molar-refractivity contribution in [2.45, 2.75) is 62.7 Å². The molecule has 1 aromatic carbocycles. The summed E-state index contributed by atoms with van der Waals surface area (Å²) < 4.78 is 5.43. The highest BCUT2D eigenvalue weighted by Gasteiger charge is 2.46. The first-order valence-corrected chi connectivity index (χ1v) is 11.9. The Kier molecular flexibility index (Phi) is 5.57. The van der Waals surface area contributed by atoms with Gasteiger partial charge in [0.05, 0.1) is 0 Å². The van der Waals surface area contributed by atoms with E-state index in [0.717, 1.165) is 51.7 Å². The van der Waals surface area contributed by atoms with E-state index in [1.807, 2.05) is 0 Å². The molecule has 5 heteroatoms. The van der Waals surface area contributed by atoms with Gasteiger partial charge in [-0.2, -0.15) is 0 Å². The molecule has 30 heavy (non-hydrogen) atoms. The molecule has 2 aliphatic heterocycles. The molecule has 0 radical (unpaired) electrons. The summed E-state index contributed by atoms with van der Waals surface area (Å²) in [6.45, 7) is 3.95. The Balaban J connectivity index is 1.24. The number of carbonyl (C=O) groups is 2. The molecule has 2 heterocycles. The summed E-state index contributed by atoms with van der Waals surface area (Å²) >= 11 is 0. The van der Waals surface area contributed by atoms with Crippen molar-refractivity contribution >= 4 is 11.8 Å². The maximum absolute atomic E-state index is 13.0. The first-order valence-electron chi connectivity index (χ1n) is 11.9. The number of nitrogens with zero attached hydrogens (tertiary/aromatic N) is 1. The molecule has 1 unspecified atom stereocenters. The molecule has 1 aromatic rings. The second-order valence-corrected chi connectivity index (χ2v) is 9.93. The third-order valence-electron chi connectivity index (χ3n) is 7.93. The lowest BCUT2D eigenvalue weighted by Crippen LogP contribution is -2.47. The van der Waals surface area contributed by atoms with Gasteiger partial charge in [0.15, 0.2) is 0 Å². The molecule has 2 amide bonds. The average Bonchev–Trinajstić information content (AvgIpc) is 3.58. The lowest BCUT2D eigenvalue weighted by molar-refractivity contribution is -0.140. The molecule has 1 atom stereocenters. The summed E-state index contributed by atoms with van der Waals surface area (Å²) in [5.41, 5.74) is 2.93. The van der Waals surface area contributed by atoms with Crippen LogP contribution in [-0.2, 0) is 19.7 Å². The second-order valence-electron chi connectivity index (χ2n) is 9.93. The molecule has 0 bridgehead atoms. The van der Waals surface area contributed by atoms with E-state index in [1.54, 1.807) is 0 Å². The Bertz CT molecular complexity index is 789. The van der Waals surface area contributed by atoms with Crippen molar-refractivity contribution in [3.8, 4) is 0 Å². The predicted octanol–water partition coefficient (Wildman–Crippen LogP) is 3.38. The van der Waals surface area contributed by atoms with Gasteiger partial charge in [0, 0.05) is 45.2 Å². The van der Waals surface area contributed by atoms with E-state index in [4.69, 9.17) is 4.74 Å². The largest absolute Gasteiger partial charge is 0.381 e. The van der Waals surface area contributed by atoms with Crippen LogP contribution in [0.25, 0.3) is 0 Å². The lowest BCUT2D eigenvalue weighted by atomic mass is 9.73. The summed E-state index contributed by atoms with van der Waals surface area (Å²) in [7, 11) is 0. The van der Waals surface area contributed by atoms with E-state index in [-0.39, 0.29) is 17.2 Å². The van der Waals surface area contributed by atoms with Crippen molar-refractivity contribution in [2.75, 3.05) is 32.8 Å². The fourth-order valence-corrected chi connectivity index (χ4v) is 5.92. The summed E-state index contributed by atoms with van der Waals surface area (Å²) in [5.74, 6) is 1.69. The van der Waals surface area contributed by atoms with Gasteiger partial charge in [-0.05, 0) is 73.3 Å². The summed E-state index contributed by atoms with van der Waals surface area (Å²) in [5, 5.41) is 3.15. The molecule has 1 N–H and O–H groups in total. The molecule has 0 aromatic heterocycles. The molecule has 3 fully saturated rings. The monoisotopic (exact) mass is 410 g/mol. The van der Waals surface area contributed by atoms with Gasteiger partial charge in [-0.1, -0.05) is 24.3 Å². The summed E-state index contributed by atoms with van der Waals surface area (Å²) in [6.07, 6.45) is 7.91. The predicted molar refractivity (Wildman–Crippen MR) is 115 cm³/mol. The van der Waals surface area contributed by atoms with E-state index in [1.165, 1.54) is 24.0 Å². The number of piperidine rings is 1. The van der Waals surface area contributed by atoms with E-state index in [0.29, 0.717) is 37.4 Å². The zero-order valence-electron chi connectivity index (χ0n) is 17.9. The second kappa shape index (κ2) is 8.33. The van der Waals surface area contributed by atoms with Crippen LogP contribution in [-0.4, -0.2) is 49.6 Å². The van der Waals surface area contributed by atoms with Crippen LogP contribution in [0.4, 0.5) is 0 Å². The van der Waals surface area contributed by atoms with Crippen LogP contribution in [0.3, 0.4) is 0 Å². The number of carbonyl (C=O) groups excluding carboxylic acids is 2. The minimum Gasteiger partial charge on any atom is -0.381 e. The number of fused-ring (bicyclic) bond motifs is 2. The number of likely N-dealkylation sites (tertiary alicyclic amines) is 1. The Morgan fingerprint density at radius 1 is 1.07 bits per heavy atom. The molecule has 2 saturated heterocycles. The van der Waals surface area contributed by atoms with E-state index in [9.17, 15) is 9.59 Å². The minimum atomic E-state index is 0.129. The normalized spacial score (nSPS) is 25.9. The number of hydrogen-bond acceptors (Lipinski definition) is 3. The van der Waals surface area contributed by atoms with E-state index < -0.39 is 0 Å². The first kappa shape index (κ1) is 20.0. The smallest absolute Gasteiger partial charge is 0.225 e. The molecular formula is C25H34N2O3. The number of amides is 2. The maximum atomic E-state index is 13.0. The fraction of sp³-hybridized carbons (Fsp3) is 0.680. The van der Waals surface area contributed by atoms with Crippen molar-refractivity contribution in [1.29, 1.82) is 0 Å². The number of rotatable bonds is 5. The van der Waals surface area contributed by atoms with Crippen LogP contribution in [0.5, 0.6) is 0 Å². The van der Waals surface area contributed by atoms with Gasteiger partial charge in [0.2, 0.25) is 11.8 Å². The Labute approximate surface area is 179 Å². The van der Waals surface area contributed by atoms with Crippen LogP contribution < -0.4 is 5.32 Å². The van der Waals surface area contributed by atoms with Crippen LogP contribution in [0.1, 0.15) is 68.4 Å². The quantitative estimate of drug-likeness (QED) is 0.810. The van der Waals surface area contributed by atoms with Crippen molar-refractivity contribution in [3.05, 3.63) is 35.4 Å². The molecule has 1 spiro atoms. The van der Waals surface area contributed by atoms with Gasteiger partial charge < -0.3 is 15.0 Å². The highest BCUT2D eigenvalue weighted by atomic mass is 16.5. The SMILES string of the molecule is O=C(CC1CC2(CCN(C(=O)C3CCOCC3)CC2)c2ccccc21)NCC1CC1. The first-order chi connectivity index (χ1) is 14.6. The van der Waals surface area contributed by atoms with Crippen molar-refractivity contribution in [1.82, 2.24) is 10.2 Å². The van der Waals surface area contributed by atoms with E-state index in [2.05, 4.69) is 34.5 Å². The molecule has 2 aliphatic carbocycles. The molecular weight excluding hydrogens is 376 g/mol. The van der Waals surface area contributed by atoms with Gasteiger partial charge in [0.1, 0.15) is 0 Å². The number of hydrogen-bond donors (Lipinski definition) is 1. The van der Waals surface area contributed by atoms with Crippen LogP contribution >= 0.6 is 0 Å². The average molecular weight is 411 g/mol. The minimum absolute atomic E-state index is 0.129. The zero-order chi connectivity index (χ0) is 20.6. The summed E-state index contributed by atoms with van der Waals surface area (Å²) in [6, 6.07) is 8.74. The van der Waals surface area contributed by atoms with Gasteiger partial charge in [0.25, 0.3) is 0 Å². The van der Waals surface area contributed by atoms with Crippen molar-refractivity contribution in [3.63, 3.8) is 0 Å². The number of benzene rings is 1. The maximum Gasteiger partial charge on any atom is 0.225 e. The summed E-state index contributed by atoms with van der Waals surface area (Å²) in [4.78, 5) is 27.6. The number of nitrogens with one attached hydrogen (secondary N) is 1. The Hall–Kier alpha value is -1.88. The molecule has 5 rings (SSSR count). The van der Waals surface area contributed by atoms with Crippen molar-refractivity contribution < 1.29 is 14.3 Å². The molecule has 4 aliphatic rings. The molecule has 1 saturated carbocycles. The number of ether oxygens (including phenoxy) is 1. The van der Waals surface area contributed by atoms with Gasteiger partial charge >= 0.3 is 0 Å². The fourth-order valence-electron chi connectivity index (χ4n) is 5.92. The van der Waals surface area contributed by atoms with Gasteiger partial charge in [-0.25, -0.2) is 0 Å². The van der Waals surface area contributed by atoms with Crippen LogP contribution in [0.15, 0.2) is 24.3 Å². The van der Waals surface area contributed by atoms with E-state index >= 15 is 0 Å². The Morgan fingerprint density at radius 2 is 1.80 bits per heavy atom. The Morgan fingerprint density at radius 3 is 2.53 bits per heavy atom. The zero-order valence-corrected chi connectivity index (χ0v) is 17.9. The van der Waals surface area contributed by atoms with Crippen LogP contribution in [0, 0.1) is 11.8 Å². The van der Waals surface area contributed by atoms with Gasteiger partial charge in [-0.15, -0.1) is 0 Å². The third kappa shape index (κ3) is 4.01.